The zero-order chi connectivity index (χ0) is 13.6. The third kappa shape index (κ3) is 2.00. The molecule has 0 bridgehead atoms. The van der Waals surface area contributed by atoms with Crippen LogP contribution in [0.25, 0.3) is 0 Å². The van der Waals surface area contributed by atoms with Gasteiger partial charge in [-0.1, -0.05) is 13.8 Å². The predicted octanol–water partition coefficient (Wildman–Crippen LogP) is 1.46. The lowest BCUT2D eigenvalue weighted by molar-refractivity contribution is -0.110. The molecule has 0 aromatic heterocycles. The first-order valence-electron chi connectivity index (χ1n) is 6.77. The van der Waals surface area contributed by atoms with Crippen LogP contribution in [-0.2, 0) is 6.42 Å². The van der Waals surface area contributed by atoms with Gasteiger partial charge >= 0.3 is 0 Å². The van der Waals surface area contributed by atoms with E-state index in [4.69, 9.17) is 4.74 Å². The zero-order valence-corrected chi connectivity index (χ0v) is 11.3. The van der Waals surface area contributed by atoms with Crippen molar-refractivity contribution in [2.45, 2.75) is 25.9 Å². The zero-order valence-electron chi connectivity index (χ0n) is 11.3. The van der Waals surface area contributed by atoms with Crippen LogP contribution in [0.3, 0.4) is 0 Å². The van der Waals surface area contributed by atoms with Crippen molar-refractivity contribution < 1.29 is 14.6 Å². The van der Waals surface area contributed by atoms with E-state index in [-0.39, 0.29) is 11.8 Å². The second-order valence-corrected chi connectivity index (χ2v) is 5.84. The molecule has 4 heteroatoms. The number of rotatable bonds is 2. The Bertz CT molecular complexity index is 518. The molecule has 0 spiro atoms. The Labute approximate surface area is 113 Å². The van der Waals surface area contributed by atoms with Gasteiger partial charge in [0.15, 0.2) is 0 Å². The van der Waals surface area contributed by atoms with Gasteiger partial charge in [0.25, 0.3) is 5.91 Å². The standard InChI is InChI=1S/C15H19NO3/c1-10(2)15(18)8-16(9-15)14(17)12-3-4-13-11(7-12)5-6-19-13/h3-4,7,10,18H,5-6,8-9H2,1-2H3. The van der Waals surface area contributed by atoms with E-state index < -0.39 is 5.60 Å². The number of ether oxygens (including phenoxy) is 1. The molecule has 4 nitrogen and oxygen atoms in total. The third-order valence-electron chi connectivity index (χ3n) is 4.23. The molecule has 2 heterocycles. The molecule has 2 aliphatic heterocycles. The highest BCUT2D eigenvalue weighted by molar-refractivity contribution is 5.95. The number of nitrogens with zero attached hydrogens (tertiary/aromatic N) is 1. The van der Waals surface area contributed by atoms with Gasteiger partial charge < -0.3 is 14.7 Å². The van der Waals surface area contributed by atoms with Crippen molar-refractivity contribution in [1.29, 1.82) is 0 Å². The maximum absolute atomic E-state index is 12.3. The molecule has 1 fully saturated rings. The van der Waals surface area contributed by atoms with Crippen LogP contribution in [0.15, 0.2) is 18.2 Å². The monoisotopic (exact) mass is 261 g/mol. The molecule has 1 aromatic rings. The fourth-order valence-electron chi connectivity index (χ4n) is 2.63. The van der Waals surface area contributed by atoms with Gasteiger partial charge in [0.1, 0.15) is 11.4 Å². The molecule has 19 heavy (non-hydrogen) atoms. The SMILES string of the molecule is CC(C)C1(O)CN(C(=O)c2ccc3c(c2)CCO3)C1. The maximum atomic E-state index is 12.3. The fraction of sp³-hybridized carbons (Fsp3) is 0.533. The first-order chi connectivity index (χ1) is 8.99. The second kappa shape index (κ2) is 4.23. The number of benzene rings is 1. The maximum Gasteiger partial charge on any atom is 0.254 e. The molecule has 3 rings (SSSR count). The third-order valence-corrected chi connectivity index (χ3v) is 4.23. The van der Waals surface area contributed by atoms with Crippen molar-refractivity contribution in [2.75, 3.05) is 19.7 Å². The minimum absolute atomic E-state index is 0.0000231. The highest BCUT2D eigenvalue weighted by Gasteiger charge is 2.45. The topological polar surface area (TPSA) is 49.8 Å². The number of carbonyl (C=O) groups is 1. The van der Waals surface area contributed by atoms with E-state index in [0.717, 1.165) is 17.7 Å². The Morgan fingerprint density at radius 1 is 1.42 bits per heavy atom. The van der Waals surface area contributed by atoms with Gasteiger partial charge in [-0.25, -0.2) is 0 Å². The van der Waals surface area contributed by atoms with Crippen molar-refractivity contribution in [1.82, 2.24) is 4.90 Å². The lowest BCUT2D eigenvalue weighted by Crippen LogP contribution is -2.65. The Morgan fingerprint density at radius 3 is 2.84 bits per heavy atom. The number of aliphatic hydroxyl groups is 1. The lowest BCUT2D eigenvalue weighted by atomic mass is 9.82. The Balaban J connectivity index is 1.72. The summed E-state index contributed by atoms with van der Waals surface area (Å²) in [5.74, 6) is 1.06. The van der Waals surface area contributed by atoms with Crippen LogP contribution in [0.4, 0.5) is 0 Å². The first-order valence-corrected chi connectivity index (χ1v) is 6.77. The Hall–Kier alpha value is -1.55. The molecule has 102 valence electrons. The molecular weight excluding hydrogens is 242 g/mol. The predicted molar refractivity (Wildman–Crippen MR) is 71.3 cm³/mol. The van der Waals surface area contributed by atoms with Crippen molar-refractivity contribution >= 4 is 5.91 Å². The second-order valence-electron chi connectivity index (χ2n) is 5.84. The van der Waals surface area contributed by atoms with Crippen molar-refractivity contribution in [2.24, 2.45) is 5.92 Å². The number of carbonyl (C=O) groups excluding carboxylic acids is 1. The number of amides is 1. The molecule has 0 unspecified atom stereocenters. The summed E-state index contributed by atoms with van der Waals surface area (Å²) < 4.78 is 5.43. The lowest BCUT2D eigenvalue weighted by Gasteiger charge is -2.49. The summed E-state index contributed by atoms with van der Waals surface area (Å²) in [5.41, 5.74) is 1.08. The van der Waals surface area contributed by atoms with E-state index in [1.807, 2.05) is 26.0 Å². The van der Waals surface area contributed by atoms with E-state index in [0.29, 0.717) is 25.3 Å². The molecule has 0 radical (unpaired) electrons. The average molecular weight is 261 g/mol. The van der Waals surface area contributed by atoms with Crippen LogP contribution in [0.5, 0.6) is 5.75 Å². The average Bonchev–Trinajstić information content (AvgIpc) is 2.80. The molecule has 0 saturated carbocycles. The fourth-order valence-corrected chi connectivity index (χ4v) is 2.63. The first kappa shape index (κ1) is 12.5. The van der Waals surface area contributed by atoms with Crippen LogP contribution < -0.4 is 4.74 Å². The van der Waals surface area contributed by atoms with Gasteiger partial charge in [0, 0.05) is 12.0 Å². The van der Waals surface area contributed by atoms with Gasteiger partial charge in [0.2, 0.25) is 0 Å². The van der Waals surface area contributed by atoms with E-state index in [9.17, 15) is 9.90 Å². The number of hydrogen-bond donors (Lipinski definition) is 1. The van der Waals surface area contributed by atoms with Gasteiger partial charge in [-0.2, -0.15) is 0 Å². The number of fused-ring (bicyclic) bond motifs is 1. The summed E-state index contributed by atoms with van der Waals surface area (Å²) in [6.07, 6.45) is 0.867. The molecule has 1 N–H and O–H groups in total. The van der Waals surface area contributed by atoms with Crippen molar-refractivity contribution in [3.8, 4) is 5.75 Å². The van der Waals surface area contributed by atoms with Crippen LogP contribution in [0, 0.1) is 5.92 Å². The molecular formula is C15H19NO3. The van der Waals surface area contributed by atoms with Gasteiger partial charge in [-0.05, 0) is 29.7 Å². The quantitative estimate of drug-likeness (QED) is 0.877. The van der Waals surface area contributed by atoms with E-state index in [1.54, 1.807) is 11.0 Å². The molecule has 0 atom stereocenters. The summed E-state index contributed by atoms with van der Waals surface area (Å²) in [5, 5.41) is 10.2. The molecule has 1 amide bonds. The summed E-state index contributed by atoms with van der Waals surface area (Å²) in [7, 11) is 0. The molecule has 2 aliphatic rings. The van der Waals surface area contributed by atoms with Crippen LogP contribution in [0.2, 0.25) is 0 Å². The molecule has 1 saturated heterocycles. The normalized spacial score (nSPS) is 19.9. The Kier molecular flexibility index (Phi) is 2.78. The van der Waals surface area contributed by atoms with Gasteiger partial charge in [-0.3, -0.25) is 4.79 Å². The molecule has 1 aromatic carbocycles. The van der Waals surface area contributed by atoms with E-state index >= 15 is 0 Å². The minimum atomic E-state index is -0.713. The number of hydrogen-bond acceptors (Lipinski definition) is 3. The summed E-state index contributed by atoms with van der Waals surface area (Å²) in [4.78, 5) is 14.0. The van der Waals surface area contributed by atoms with Gasteiger partial charge in [0.05, 0.1) is 19.7 Å². The Morgan fingerprint density at radius 2 is 2.16 bits per heavy atom. The highest BCUT2D eigenvalue weighted by Crippen LogP contribution is 2.31. The van der Waals surface area contributed by atoms with E-state index in [2.05, 4.69) is 0 Å². The van der Waals surface area contributed by atoms with Gasteiger partial charge in [-0.15, -0.1) is 0 Å². The van der Waals surface area contributed by atoms with Crippen LogP contribution in [0.1, 0.15) is 29.8 Å². The number of β-amino-alcohol motifs (C(OH)–C–C–N with tert-alkyl or cyclic N) is 1. The number of likely N-dealkylation sites (tertiary alicyclic amines) is 1. The summed E-state index contributed by atoms with van der Waals surface area (Å²) in [6.45, 7) is 5.51. The van der Waals surface area contributed by atoms with Crippen molar-refractivity contribution in [3.05, 3.63) is 29.3 Å². The highest BCUT2D eigenvalue weighted by atomic mass is 16.5. The van der Waals surface area contributed by atoms with Crippen LogP contribution in [-0.4, -0.2) is 41.2 Å². The largest absolute Gasteiger partial charge is 0.493 e. The molecule has 0 aliphatic carbocycles. The smallest absolute Gasteiger partial charge is 0.254 e. The van der Waals surface area contributed by atoms with Crippen LogP contribution >= 0.6 is 0 Å². The summed E-state index contributed by atoms with van der Waals surface area (Å²) >= 11 is 0. The van der Waals surface area contributed by atoms with E-state index in [1.165, 1.54) is 0 Å². The van der Waals surface area contributed by atoms with Crippen molar-refractivity contribution in [3.63, 3.8) is 0 Å². The minimum Gasteiger partial charge on any atom is -0.493 e. The summed E-state index contributed by atoms with van der Waals surface area (Å²) in [6, 6.07) is 5.58.